The molecule has 2 N–H and O–H groups in total. The highest BCUT2D eigenvalue weighted by Crippen LogP contribution is 2.25. The molecule has 0 amide bonds. The van der Waals surface area contributed by atoms with E-state index in [0.717, 1.165) is 32.9 Å². The second-order valence-corrected chi connectivity index (χ2v) is 6.63. The molecule has 1 atom stereocenters. The van der Waals surface area contributed by atoms with Crippen molar-refractivity contribution in [3.05, 3.63) is 58.3 Å². The van der Waals surface area contributed by atoms with Crippen LogP contribution in [0.25, 0.3) is 0 Å². The summed E-state index contributed by atoms with van der Waals surface area (Å²) in [5.41, 5.74) is 7.31. The number of thioether (sulfide) groups is 1. The molecule has 0 saturated heterocycles. The molecule has 112 valence electrons. The molecule has 2 aromatic carbocycles. The third-order valence-electron chi connectivity index (χ3n) is 3.01. The zero-order chi connectivity index (χ0) is 15.2. The highest BCUT2D eigenvalue weighted by Gasteiger charge is 2.09. The molecule has 0 heterocycles. The fraction of sp³-hybridized carbons (Fsp3) is 0.250. The standard InChI is InChI=1S/C16H17BrFNOS/c1-20-14-4-7-16(17)11(9-14)8-13(19)10-21-15-5-2-12(18)3-6-15/h2-7,9,13H,8,10,19H2,1H3. The van der Waals surface area contributed by atoms with Crippen LogP contribution < -0.4 is 10.5 Å². The average molecular weight is 370 g/mol. The Morgan fingerprint density at radius 3 is 2.62 bits per heavy atom. The molecule has 2 aromatic rings. The lowest BCUT2D eigenvalue weighted by Crippen LogP contribution is -2.25. The van der Waals surface area contributed by atoms with E-state index in [2.05, 4.69) is 15.9 Å². The molecular formula is C16H17BrFNOS. The third kappa shape index (κ3) is 5.02. The molecule has 5 heteroatoms. The number of hydrogen-bond acceptors (Lipinski definition) is 3. The Labute approximate surface area is 137 Å². The predicted molar refractivity (Wildman–Crippen MR) is 89.5 cm³/mol. The fourth-order valence-corrected chi connectivity index (χ4v) is 3.17. The maximum Gasteiger partial charge on any atom is 0.123 e. The normalized spacial score (nSPS) is 12.2. The molecule has 0 bridgehead atoms. The lowest BCUT2D eigenvalue weighted by atomic mass is 10.1. The van der Waals surface area contributed by atoms with Gasteiger partial charge in [0.15, 0.2) is 0 Å². The molecule has 0 saturated carbocycles. The van der Waals surface area contributed by atoms with Crippen LogP contribution in [-0.2, 0) is 6.42 Å². The van der Waals surface area contributed by atoms with Crippen LogP contribution in [0.1, 0.15) is 5.56 Å². The van der Waals surface area contributed by atoms with Crippen LogP contribution in [0.4, 0.5) is 4.39 Å². The van der Waals surface area contributed by atoms with Gasteiger partial charge in [0.2, 0.25) is 0 Å². The predicted octanol–water partition coefficient (Wildman–Crippen LogP) is 4.26. The quantitative estimate of drug-likeness (QED) is 0.772. The van der Waals surface area contributed by atoms with Crippen LogP contribution in [0.2, 0.25) is 0 Å². The van der Waals surface area contributed by atoms with E-state index >= 15 is 0 Å². The van der Waals surface area contributed by atoms with Gasteiger partial charge in [0, 0.05) is 21.2 Å². The Morgan fingerprint density at radius 2 is 1.95 bits per heavy atom. The van der Waals surface area contributed by atoms with Crippen molar-refractivity contribution >= 4 is 27.7 Å². The van der Waals surface area contributed by atoms with Crippen LogP contribution in [0.15, 0.2) is 51.8 Å². The number of hydrogen-bond donors (Lipinski definition) is 1. The molecule has 0 radical (unpaired) electrons. The van der Waals surface area contributed by atoms with Crippen molar-refractivity contribution in [3.8, 4) is 5.75 Å². The fourth-order valence-electron chi connectivity index (χ4n) is 1.91. The van der Waals surface area contributed by atoms with E-state index in [-0.39, 0.29) is 11.9 Å². The van der Waals surface area contributed by atoms with Crippen molar-refractivity contribution in [2.45, 2.75) is 17.4 Å². The summed E-state index contributed by atoms with van der Waals surface area (Å²) >= 11 is 5.17. The van der Waals surface area contributed by atoms with Crippen molar-refractivity contribution in [2.75, 3.05) is 12.9 Å². The van der Waals surface area contributed by atoms with E-state index in [9.17, 15) is 4.39 Å². The third-order valence-corrected chi connectivity index (χ3v) is 4.99. The molecule has 0 aliphatic rings. The SMILES string of the molecule is COc1ccc(Br)c(CC(N)CSc2ccc(F)cc2)c1. The van der Waals surface area contributed by atoms with E-state index in [4.69, 9.17) is 10.5 Å². The largest absolute Gasteiger partial charge is 0.497 e. The summed E-state index contributed by atoms with van der Waals surface area (Å²) in [5.74, 6) is 1.38. The minimum Gasteiger partial charge on any atom is -0.497 e. The van der Waals surface area contributed by atoms with Gasteiger partial charge >= 0.3 is 0 Å². The van der Waals surface area contributed by atoms with Gasteiger partial charge in [-0.1, -0.05) is 15.9 Å². The lowest BCUT2D eigenvalue weighted by Gasteiger charge is -2.13. The number of ether oxygens (including phenoxy) is 1. The van der Waals surface area contributed by atoms with Gasteiger partial charge in [0.05, 0.1) is 7.11 Å². The van der Waals surface area contributed by atoms with Crippen molar-refractivity contribution in [1.29, 1.82) is 0 Å². The Kier molecular flexibility index (Phi) is 6.08. The molecule has 0 aromatic heterocycles. The summed E-state index contributed by atoms with van der Waals surface area (Å²) in [6.45, 7) is 0. The Hall–Kier alpha value is -1.04. The number of halogens is 2. The number of benzene rings is 2. The van der Waals surface area contributed by atoms with Crippen molar-refractivity contribution in [1.82, 2.24) is 0 Å². The average Bonchev–Trinajstić information content (AvgIpc) is 2.49. The van der Waals surface area contributed by atoms with Gasteiger partial charge in [-0.05, 0) is 54.4 Å². The molecule has 0 aliphatic carbocycles. The Balaban J connectivity index is 1.92. The maximum absolute atomic E-state index is 12.8. The first-order valence-electron chi connectivity index (χ1n) is 6.55. The zero-order valence-corrected chi connectivity index (χ0v) is 14.1. The maximum atomic E-state index is 12.8. The van der Waals surface area contributed by atoms with Crippen LogP contribution in [-0.4, -0.2) is 18.9 Å². The van der Waals surface area contributed by atoms with Crippen LogP contribution >= 0.6 is 27.7 Å². The van der Waals surface area contributed by atoms with Gasteiger partial charge in [-0.25, -0.2) is 4.39 Å². The van der Waals surface area contributed by atoms with E-state index in [1.165, 1.54) is 12.1 Å². The summed E-state index contributed by atoms with van der Waals surface area (Å²) in [6, 6.07) is 12.4. The monoisotopic (exact) mass is 369 g/mol. The van der Waals surface area contributed by atoms with Crippen molar-refractivity contribution in [2.24, 2.45) is 5.73 Å². The molecule has 0 fully saturated rings. The molecule has 21 heavy (non-hydrogen) atoms. The van der Waals surface area contributed by atoms with Crippen LogP contribution in [0.3, 0.4) is 0 Å². The molecule has 2 nitrogen and oxygen atoms in total. The number of methoxy groups -OCH3 is 1. The van der Waals surface area contributed by atoms with Gasteiger partial charge in [0.1, 0.15) is 11.6 Å². The summed E-state index contributed by atoms with van der Waals surface area (Å²) in [7, 11) is 1.65. The van der Waals surface area contributed by atoms with Gasteiger partial charge in [-0.15, -0.1) is 11.8 Å². The Morgan fingerprint density at radius 1 is 1.24 bits per heavy atom. The summed E-state index contributed by atoms with van der Waals surface area (Å²) in [5, 5.41) is 0. The molecule has 0 spiro atoms. The highest BCUT2D eigenvalue weighted by molar-refractivity contribution is 9.10. The van der Waals surface area contributed by atoms with E-state index < -0.39 is 0 Å². The van der Waals surface area contributed by atoms with Gasteiger partial charge in [-0.2, -0.15) is 0 Å². The van der Waals surface area contributed by atoms with Crippen molar-refractivity contribution in [3.63, 3.8) is 0 Å². The van der Waals surface area contributed by atoms with E-state index in [1.807, 2.05) is 18.2 Å². The van der Waals surface area contributed by atoms with Crippen LogP contribution in [0, 0.1) is 5.82 Å². The summed E-state index contributed by atoms with van der Waals surface area (Å²) in [6.07, 6.45) is 0.756. The second-order valence-electron chi connectivity index (χ2n) is 4.69. The molecule has 0 aliphatic heterocycles. The van der Waals surface area contributed by atoms with Crippen LogP contribution in [0.5, 0.6) is 5.75 Å². The lowest BCUT2D eigenvalue weighted by molar-refractivity contribution is 0.414. The number of rotatable bonds is 6. The van der Waals surface area contributed by atoms with E-state index in [1.54, 1.807) is 31.0 Å². The molecular weight excluding hydrogens is 353 g/mol. The smallest absolute Gasteiger partial charge is 0.123 e. The minimum absolute atomic E-state index is 0.0171. The zero-order valence-electron chi connectivity index (χ0n) is 11.7. The molecule has 2 rings (SSSR count). The second kappa shape index (κ2) is 7.82. The topological polar surface area (TPSA) is 35.2 Å². The highest BCUT2D eigenvalue weighted by atomic mass is 79.9. The van der Waals surface area contributed by atoms with Gasteiger partial charge < -0.3 is 10.5 Å². The van der Waals surface area contributed by atoms with Crippen molar-refractivity contribution < 1.29 is 9.13 Å². The first kappa shape index (κ1) is 16.3. The molecule has 1 unspecified atom stereocenters. The van der Waals surface area contributed by atoms with Gasteiger partial charge in [-0.3, -0.25) is 0 Å². The summed E-state index contributed by atoms with van der Waals surface area (Å²) in [4.78, 5) is 1.02. The first-order chi connectivity index (χ1) is 10.1. The summed E-state index contributed by atoms with van der Waals surface area (Å²) < 4.78 is 19.1. The van der Waals surface area contributed by atoms with E-state index in [0.29, 0.717) is 0 Å². The van der Waals surface area contributed by atoms with Gasteiger partial charge in [0.25, 0.3) is 0 Å². The Bertz CT molecular complexity index is 591. The first-order valence-corrected chi connectivity index (χ1v) is 8.32. The number of nitrogens with two attached hydrogens (primary N) is 1. The minimum atomic E-state index is -0.219.